The average Bonchev–Trinajstić information content (AvgIpc) is 2.76. The van der Waals surface area contributed by atoms with E-state index >= 15 is 0 Å². The molecule has 172 valence electrons. The molecule has 32 heavy (non-hydrogen) atoms. The zero-order chi connectivity index (χ0) is 23.5. The molecule has 0 aliphatic carbocycles. The highest BCUT2D eigenvalue weighted by molar-refractivity contribution is 5.97. The number of hydrogen-bond donors (Lipinski definition) is 4. The minimum absolute atomic E-state index is 0.164. The molecule has 0 saturated carbocycles. The van der Waals surface area contributed by atoms with E-state index in [0.717, 1.165) is 5.56 Å². The summed E-state index contributed by atoms with van der Waals surface area (Å²) < 4.78 is 0. The first-order valence-electron chi connectivity index (χ1n) is 10.8. The van der Waals surface area contributed by atoms with Gasteiger partial charge in [-0.05, 0) is 49.8 Å². The van der Waals surface area contributed by atoms with Crippen molar-refractivity contribution in [3.63, 3.8) is 0 Å². The minimum Gasteiger partial charge on any atom is -0.480 e. The molecule has 0 spiro atoms. The Morgan fingerprint density at radius 2 is 1.59 bits per heavy atom. The van der Waals surface area contributed by atoms with Gasteiger partial charge in [-0.2, -0.15) is 0 Å². The van der Waals surface area contributed by atoms with Crippen molar-refractivity contribution < 1.29 is 19.5 Å². The lowest BCUT2D eigenvalue weighted by atomic mass is 10.0. The van der Waals surface area contributed by atoms with Gasteiger partial charge in [-0.15, -0.1) is 0 Å². The molecule has 1 aromatic carbocycles. The lowest BCUT2D eigenvalue weighted by Gasteiger charge is -2.25. The lowest BCUT2D eigenvalue weighted by Crippen LogP contribution is -2.54. The number of carbonyl (C=O) groups is 3. The highest BCUT2D eigenvalue weighted by Crippen LogP contribution is 2.11. The second-order valence-corrected chi connectivity index (χ2v) is 8.22. The zero-order valence-corrected chi connectivity index (χ0v) is 18.7. The Morgan fingerprint density at radius 3 is 2.19 bits per heavy atom. The first kappa shape index (κ1) is 25.0. The molecule has 0 saturated heterocycles. The highest BCUT2D eigenvalue weighted by atomic mass is 16.4. The molecule has 0 aliphatic rings. The molecular formula is C24H32N4O4. The molecule has 2 rings (SSSR count). The van der Waals surface area contributed by atoms with Gasteiger partial charge in [0, 0.05) is 18.1 Å². The zero-order valence-electron chi connectivity index (χ0n) is 18.7. The van der Waals surface area contributed by atoms with E-state index in [1.54, 1.807) is 24.5 Å². The van der Waals surface area contributed by atoms with Crippen LogP contribution in [0.1, 0.15) is 39.2 Å². The van der Waals surface area contributed by atoms with E-state index in [0.29, 0.717) is 24.9 Å². The van der Waals surface area contributed by atoms with Gasteiger partial charge in [0.1, 0.15) is 12.1 Å². The van der Waals surface area contributed by atoms with Crippen LogP contribution >= 0.6 is 0 Å². The van der Waals surface area contributed by atoms with Crippen molar-refractivity contribution in [3.8, 4) is 0 Å². The molecule has 1 aromatic heterocycles. The fraction of sp³-hybridized carbons (Fsp3) is 0.417. The van der Waals surface area contributed by atoms with Gasteiger partial charge in [0.25, 0.3) is 0 Å². The Balaban J connectivity index is 2.11. The number of anilines is 1. The van der Waals surface area contributed by atoms with Gasteiger partial charge < -0.3 is 15.7 Å². The number of amides is 2. The number of hydrogen-bond acceptors (Lipinski definition) is 5. The summed E-state index contributed by atoms with van der Waals surface area (Å²) in [6, 6.07) is 10.6. The van der Waals surface area contributed by atoms with Crippen LogP contribution in [0.25, 0.3) is 0 Å². The summed E-state index contributed by atoms with van der Waals surface area (Å²) in [5.41, 5.74) is 1.63. The predicted octanol–water partition coefficient (Wildman–Crippen LogP) is 2.62. The molecule has 0 unspecified atom stereocenters. The average molecular weight is 441 g/mol. The number of nitrogens with zero attached hydrogens (tertiary/aromatic N) is 1. The Morgan fingerprint density at radius 1 is 0.938 bits per heavy atom. The summed E-state index contributed by atoms with van der Waals surface area (Å²) in [4.78, 5) is 41.2. The number of nitrogens with one attached hydrogen (secondary N) is 3. The maximum Gasteiger partial charge on any atom is 0.320 e. The van der Waals surface area contributed by atoms with E-state index in [2.05, 4.69) is 20.9 Å². The number of aromatic nitrogens is 1. The van der Waals surface area contributed by atoms with Crippen molar-refractivity contribution in [2.24, 2.45) is 5.92 Å². The Kier molecular flexibility index (Phi) is 9.81. The monoisotopic (exact) mass is 440 g/mol. The van der Waals surface area contributed by atoms with Crippen LogP contribution in [0.15, 0.2) is 54.9 Å². The minimum atomic E-state index is -1.04. The number of aryl methyl sites for hydroxylation is 1. The number of pyridine rings is 1. The Bertz CT molecular complexity index is 874. The van der Waals surface area contributed by atoms with Crippen molar-refractivity contribution in [2.75, 3.05) is 5.32 Å². The standard InChI is InChI=1S/C24H32N4O4/c1-16(2)15-21(23(30)27-19-11-13-25-14-12-19)28-22(29)20(26-17(3)24(31)32)10-9-18-7-5-4-6-8-18/h4-8,11-14,16-17,20-21,26H,9-10,15H2,1-3H3,(H,28,29)(H,31,32)(H,25,27,30)/t17-,20+,21+/m1/s1. The summed E-state index contributed by atoms with van der Waals surface area (Å²) in [7, 11) is 0. The molecule has 2 aromatic rings. The summed E-state index contributed by atoms with van der Waals surface area (Å²) in [5.74, 6) is -1.61. The van der Waals surface area contributed by atoms with Gasteiger partial charge in [0.05, 0.1) is 6.04 Å². The van der Waals surface area contributed by atoms with E-state index in [4.69, 9.17) is 0 Å². The van der Waals surface area contributed by atoms with Gasteiger partial charge in [0.2, 0.25) is 11.8 Å². The van der Waals surface area contributed by atoms with Crippen molar-refractivity contribution in [1.82, 2.24) is 15.6 Å². The smallest absolute Gasteiger partial charge is 0.320 e. The van der Waals surface area contributed by atoms with Gasteiger partial charge in [-0.1, -0.05) is 44.2 Å². The second kappa shape index (κ2) is 12.6. The molecule has 8 heteroatoms. The number of carboxylic acids is 1. The van der Waals surface area contributed by atoms with Crippen LogP contribution < -0.4 is 16.0 Å². The molecule has 0 radical (unpaired) electrons. The van der Waals surface area contributed by atoms with Crippen molar-refractivity contribution in [2.45, 2.75) is 58.2 Å². The van der Waals surface area contributed by atoms with Gasteiger partial charge in [-0.3, -0.25) is 24.7 Å². The topological polar surface area (TPSA) is 120 Å². The number of carbonyl (C=O) groups excluding carboxylic acids is 2. The van der Waals surface area contributed by atoms with Gasteiger partial charge >= 0.3 is 5.97 Å². The third kappa shape index (κ3) is 8.47. The quantitative estimate of drug-likeness (QED) is 0.403. The van der Waals surface area contributed by atoms with E-state index in [9.17, 15) is 19.5 Å². The summed E-state index contributed by atoms with van der Waals surface area (Å²) in [6.07, 6.45) is 4.58. The predicted molar refractivity (Wildman–Crippen MR) is 123 cm³/mol. The van der Waals surface area contributed by atoms with Crippen molar-refractivity contribution in [3.05, 3.63) is 60.4 Å². The third-order valence-electron chi connectivity index (χ3n) is 4.99. The molecule has 2 amide bonds. The summed E-state index contributed by atoms with van der Waals surface area (Å²) in [5, 5.41) is 17.8. The second-order valence-electron chi connectivity index (χ2n) is 8.22. The summed E-state index contributed by atoms with van der Waals surface area (Å²) >= 11 is 0. The van der Waals surface area contributed by atoms with Crippen LogP contribution in [-0.4, -0.2) is 46.0 Å². The molecule has 0 bridgehead atoms. The van der Waals surface area contributed by atoms with Gasteiger partial charge in [-0.25, -0.2) is 0 Å². The molecule has 0 fully saturated rings. The number of aliphatic carboxylic acids is 1. The van der Waals surface area contributed by atoms with Crippen LogP contribution in [0.2, 0.25) is 0 Å². The van der Waals surface area contributed by atoms with Crippen LogP contribution in [0.3, 0.4) is 0 Å². The molecule has 8 nitrogen and oxygen atoms in total. The Hall–Kier alpha value is -3.26. The number of rotatable bonds is 12. The largest absolute Gasteiger partial charge is 0.480 e. The van der Waals surface area contributed by atoms with E-state index < -0.39 is 30.0 Å². The maximum absolute atomic E-state index is 13.1. The van der Waals surface area contributed by atoms with Crippen LogP contribution in [0, 0.1) is 5.92 Å². The van der Waals surface area contributed by atoms with E-state index in [1.807, 2.05) is 44.2 Å². The Labute approximate surface area is 188 Å². The number of benzene rings is 1. The van der Waals surface area contributed by atoms with Crippen LogP contribution in [-0.2, 0) is 20.8 Å². The SMILES string of the molecule is CC(C)C[C@H](NC(=O)[C@H](CCc1ccccc1)N[C@H](C)C(=O)O)C(=O)Nc1ccncc1. The summed E-state index contributed by atoms with van der Waals surface area (Å²) in [6.45, 7) is 5.43. The lowest BCUT2D eigenvalue weighted by molar-refractivity contribution is -0.139. The number of carboxylic acid groups (broad SMARTS) is 1. The van der Waals surface area contributed by atoms with E-state index in [1.165, 1.54) is 6.92 Å². The van der Waals surface area contributed by atoms with Crippen LogP contribution in [0.4, 0.5) is 5.69 Å². The van der Waals surface area contributed by atoms with Crippen molar-refractivity contribution in [1.29, 1.82) is 0 Å². The fourth-order valence-electron chi connectivity index (χ4n) is 3.26. The molecule has 3 atom stereocenters. The molecule has 4 N–H and O–H groups in total. The van der Waals surface area contributed by atoms with Crippen molar-refractivity contribution >= 4 is 23.5 Å². The molecular weight excluding hydrogens is 408 g/mol. The highest BCUT2D eigenvalue weighted by Gasteiger charge is 2.28. The van der Waals surface area contributed by atoms with Crippen LogP contribution in [0.5, 0.6) is 0 Å². The molecule has 0 aliphatic heterocycles. The first-order chi connectivity index (χ1) is 15.3. The molecule has 1 heterocycles. The normalized spacial score (nSPS) is 13.8. The van der Waals surface area contributed by atoms with E-state index in [-0.39, 0.29) is 11.8 Å². The fourth-order valence-corrected chi connectivity index (χ4v) is 3.26. The maximum atomic E-state index is 13.1. The third-order valence-corrected chi connectivity index (χ3v) is 4.99. The van der Waals surface area contributed by atoms with Gasteiger partial charge in [0.15, 0.2) is 0 Å². The first-order valence-corrected chi connectivity index (χ1v) is 10.8.